The molecule has 43 heavy (non-hydrogen) atoms. The molecule has 0 aromatic heterocycles. The highest BCUT2D eigenvalue weighted by Crippen LogP contribution is 2.19. The summed E-state index contributed by atoms with van der Waals surface area (Å²) in [6, 6.07) is -6.41. The van der Waals surface area contributed by atoms with Gasteiger partial charge in [0.1, 0.15) is 30.2 Å². The van der Waals surface area contributed by atoms with Crippen molar-refractivity contribution in [3.05, 3.63) is 0 Å². The van der Waals surface area contributed by atoms with E-state index >= 15 is 0 Å². The molecule has 1 rings (SSSR count). The van der Waals surface area contributed by atoms with Crippen LogP contribution in [0.15, 0.2) is 0 Å². The molecule has 1 heterocycles. The second-order valence-corrected chi connectivity index (χ2v) is 11.6. The topological polar surface area (TPSA) is 237 Å². The SMILES string of the molecule is CCC(C)C(NC(=O)C(N)CC(C)C)C(=O)NC(C)C(=O)N1CCCC1C(=O)NC(CCC(=O)O)C(=O)NC(C)C(=O)O. The van der Waals surface area contributed by atoms with E-state index < -0.39 is 84.1 Å². The Hall–Kier alpha value is -3.75. The number of nitrogens with two attached hydrogens (primary N) is 1. The molecule has 0 aromatic rings. The number of aliphatic carboxylic acids is 2. The first-order chi connectivity index (χ1) is 20.0. The van der Waals surface area contributed by atoms with E-state index in [2.05, 4.69) is 21.3 Å². The first-order valence-corrected chi connectivity index (χ1v) is 14.7. The van der Waals surface area contributed by atoms with E-state index in [4.69, 9.17) is 15.9 Å². The number of rotatable bonds is 17. The molecule has 1 aliphatic rings. The third kappa shape index (κ3) is 11.8. The summed E-state index contributed by atoms with van der Waals surface area (Å²) in [5.41, 5.74) is 5.98. The van der Waals surface area contributed by atoms with Gasteiger partial charge in [0.15, 0.2) is 0 Å². The maximum absolute atomic E-state index is 13.4. The van der Waals surface area contributed by atoms with Gasteiger partial charge in [-0.3, -0.25) is 33.6 Å². The lowest BCUT2D eigenvalue weighted by molar-refractivity contribution is -0.143. The maximum Gasteiger partial charge on any atom is 0.325 e. The van der Waals surface area contributed by atoms with Gasteiger partial charge in [0.05, 0.1) is 6.04 Å². The summed E-state index contributed by atoms with van der Waals surface area (Å²) in [5.74, 6) is -5.78. The third-order valence-electron chi connectivity index (χ3n) is 7.43. The molecule has 0 aliphatic carbocycles. The minimum Gasteiger partial charge on any atom is -0.481 e. The van der Waals surface area contributed by atoms with Crippen LogP contribution in [-0.2, 0) is 33.6 Å². The normalized spacial score (nSPS) is 18.9. The van der Waals surface area contributed by atoms with E-state index in [-0.39, 0.29) is 31.2 Å². The zero-order chi connectivity index (χ0) is 33.0. The van der Waals surface area contributed by atoms with Gasteiger partial charge in [-0.15, -0.1) is 0 Å². The minimum atomic E-state index is -1.35. The predicted molar refractivity (Wildman–Crippen MR) is 155 cm³/mol. The fourth-order valence-corrected chi connectivity index (χ4v) is 4.67. The fraction of sp³-hybridized carbons (Fsp3) is 0.750. The number of amides is 5. The Morgan fingerprint density at radius 2 is 1.47 bits per heavy atom. The van der Waals surface area contributed by atoms with Crippen LogP contribution in [0.25, 0.3) is 0 Å². The number of hydrogen-bond acceptors (Lipinski definition) is 8. The summed E-state index contributed by atoms with van der Waals surface area (Å²) in [6.07, 6.45) is 0.965. The van der Waals surface area contributed by atoms with Crippen LogP contribution >= 0.6 is 0 Å². The molecule has 1 aliphatic heterocycles. The summed E-state index contributed by atoms with van der Waals surface area (Å²) < 4.78 is 0. The van der Waals surface area contributed by atoms with E-state index in [0.717, 1.165) is 0 Å². The molecule has 15 nitrogen and oxygen atoms in total. The Bertz CT molecular complexity index is 1040. The summed E-state index contributed by atoms with van der Waals surface area (Å²) in [6.45, 7) is 10.4. The van der Waals surface area contributed by atoms with Gasteiger partial charge in [-0.25, -0.2) is 0 Å². The number of hydrogen-bond donors (Lipinski definition) is 7. The Labute approximate surface area is 252 Å². The van der Waals surface area contributed by atoms with Crippen molar-refractivity contribution in [3.8, 4) is 0 Å². The number of carboxylic acids is 2. The Balaban J connectivity index is 2.98. The quantitative estimate of drug-likeness (QED) is 0.109. The summed E-state index contributed by atoms with van der Waals surface area (Å²) >= 11 is 0. The average molecular weight is 613 g/mol. The van der Waals surface area contributed by atoms with Gasteiger partial charge in [-0.1, -0.05) is 34.1 Å². The summed E-state index contributed by atoms with van der Waals surface area (Å²) in [4.78, 5) is 88.5. The first-order valence-electron chi connectivity index (χ1n) is 14.7. The smallest absolute Gasteiger partial charge is 0.325 e. The van der Waals surface area contributed by atoms with Crippen molar-refractivity contribution < 1.29 is 43.8 Å². The molecule has 5 amide bonds. The molecule has 0 spiro atoms. The zero-order valence-corrected chi connectivity index (χ0v) is 25.8. The average Bonchev–Trinajstić information content (AvgIpc) is 3.42. The monoisotopic (exact) mass is 612 g/mol. The number of likely N-dealkylation sites (tertiary alicyclic amines) is 1. The molecule has 244 valence electrons. The van der Waals surface area contributed by atoms with Gasteiger partial charge in [-0.2, -0.15) is 0 Å². The number of carboxylic acid groups (broad SMARTS) is 2. The van der Waals surface area contributed by atoms with Crippen LogP contribution in [0, 0.1) is 11.8 Å². The van der Waals surface area contributed by atoms with Gasteiger partial charge in [0.25, 0.3) is 0 Å². The number of nitrogens with zero attached hydrogens (tertiary/aromatic N) is 1. The van der Waals surface area contributed by atoms with E-state index in [1.165, 1.54) is 18.7 Å². The molecule has 0 bridgehead atoms. The molecule has 0 saturated carbocycles. The van der Waals surface area contributed by atoms with Crippen molar-refractivity contribution in [2.45, 2.75) is 116 Å². The molecule has 1 saturated heterocycles. The molecule has 7 atom stereocenters. The molecule has 7 unspecified atom stereocenters. The maximum atomic E-state index is 13.4. The molecule has 8 N–H and O–H groups in total. The van der Waals surface area contributed by atoms with Crippen molar-refractivity contribution >= 4 is 41.5 Å². The van der Waals surface area contributed by atoms with E-state index in [1.54, 1.807) is 6.92 Å². The summed E-state index contributed by atoms with van der Waals surface area (Å²) in [7, 11) is 0. The predicted octanol–water partition coefficient (Wildman–Crippen LogP) is -0.675. The zero-order valence-electron chi connectivity index (χ0n) is 25.8. The highest BCUT2D eigenvalue weighted by molar-refractivity contribution is 5.96. The third-order valence-corrected chi connectivity index (χ3v) is 7.43. The van der Waals surface area contributed by atoms with Crippen LogP contribution in [-0.4, -0.2) is 99.4 Å². The van der Waals surface area contributed by atoms with Crippen LogP contribution < -0.4 is 27.0 Å². The van der Waals surface area contributed by atoms with Crippen molar-refractivity contribution in [2.75, 3.05) is 6.54 Å². The minimum absolute atomic E-state index is 0.176. The van der Waals surface area contributed by atoms with Crippen molar-refractivity contribution in [1.82, 2.24) is 26.2 Å². The Morgan fingerprint density at radius 1 is 0.860 bits per heavy atom. The summed E-state index contributed by atoms with van der Waals surface area (Å²) in [5, 5.41) is 28.1. The van der Waals surface area contributed by atoms with Gasteiger partial charge in [0, 0.05) is 13.0 Å². The standard InChI is InChI=1S/C28H48N6O9/c1-7-15(4)22(33-23(37)18(29)13-14(2)3)26(40)30-16(5)27(41)34-12-8-9-20(34)25(39)32-19(10-11-21(35)36)24(38)31-17(6)28(42)43/h14-20,22H,7-13,29H2,1-6H3,(H,30,40)(H,31,38)(H,32,39)(H,33,37)(H,35,36)(H,42,43). The lowest BCUT2D eigenvalue weighted by Crippen LogP contribution is -2.59. The van der Waals surface area contributed by atoms with Crippen molar-refractivity contribution in [2.24, 2.45) is 17.6 Å². The van der Waals surface area contributed by atoms with Crippen LogP contribution in [0.2, 0.25) is 0 Å². The molecule has 15 heteroatoms. The first kappa shape index (κ1) is 37.3. The van der Waals surface area contributed by atoms with E-state index in [9.17, 15) is 33.6 Å². The fourth-order valence-electron chi connectivity index (χ4n) is 4.67. The van der Waals surface area contributed by atoms with Crippen LogP contribution in [0.3, 0.4) is 0 Å². The second-order valence-electron chi connectivity index (χ2n) is 11.6. The number of nitrogens with one attached hydrogen (secondary N) is 4. The van der Waals surface area contributed by atoms with Gasteiger partial charge < -0.3 is 42.1 Å². The van der Waals surface area contributed by atoms with E-state index in [1.807, 2.05) is 20.8 Å². The van der Waals surface area contributed by atoms with E-state index in [0.29, 0.717) is 19.3 Å². The van der Waals surface area contributed by atoms with Crippen LogP contribution in [0.5, 0.6) is 0 Å². The highest BCUT2D eigenvalue weighted by atomic mass is 16.4. The van der Waals surface area contributed by atoms with Gasteiger partial charge in [-0.05, 0) is 51.4 Å². The molecular formula is C28H48N6O9. The second kappa shape index (κ2) is 17.4. The van der Waals surface area contributed by atoms with Crippen LogP contribution in [0.4, 0.5) is 0 Å². The van der Waals surface area contributed by atoms with Crippen LogP contribution in [0.1, 0.15) is 80.1 Å². The lowest BCUT2D eigenvalue weighted by Gasteiger charge is -2.30. The molecule has 1 fully saturated rings. The Morgan fingerprint density at radius 3 is 2.00 bits per heavy atom. The van der Waals surface area contributed by atoms with Gasteiger partial charge in [0.2, 0.25) is 29.5 Å². The van der Waals surface area contributed by atoms with Crippen molar-refractivity contribution in [3.63, 3.8) is 0 Å². The lowest BCUT2D eigenvalue weighted by atomic mass is 9.96. The molecule has 0 aromatic carbocycles. The molecule has 0 radical (unpaired) electrons. The molecular weight excluding hydrogens is 564 g/mol. The Kier molecular flexibility index (Phi) is 15.1. The number of carbonyl (C=O) groups is 7. The largest absolute Gasteiger partial charge is 0.481 e. The highest BCUT2D eigenvalue weighted by Gasteiger charge is 2.39. The number of carbonyl (C=O) groups excluding carboxylic acids is 5. The van der Waals surface area contributed by atoms with Gasteiger partial charge >= 0.3 is 11.9 Å². The van der Waals surface area contributed by atoms with Crippen molar-refractivity contribution in [1.29, 1.82) is 0 Å².